The zero-order valence-corrected chi connectivity index (χ0v) is 17.6. The Kier molecular flexibility index (Phi) is 7.73. The maximum absolute atomic E-state index is 14.6. The van der Waals surface area contributed by atoms with Gasteiger partial charge in [0.2, 0.25) is 0 Å². The van der Waals surface area contributed by atoms with Gasteiger partial charge in [0, 0.05) is 5.56 Å². The Morgan fingerprint density at radius 3 is 2.37 bits per heavy atom. The van der Waals surface area contributed by atoms with Crippen LogP contribution in [-0.2, 0) is 12.8 Å². The van der Waals surface area contributed by atoms with Gasteiger partial charge in [-0.3, -0.25) is 0 Å². The highest BCUT2D eigenvalue weighted by Gasteiger charge is 2.10. The van der Waals surface area contributed by atoms with E-state index in [1.165, 1.54) is 11.6 Å². The van der Waals surface area contributed by atoms with Gasteiger partial charge < -0.3 is 0 Å². The van der Waals surface area contributed by atoms with Crippen LogP contribution in [-0.4, -0.2) is 0 Å². The molecule has 154 valence electrons. The maximum atomic E-state index is 14.6. The highest BCUT2D eigenvalue weighted by Crippen LogP contribution is 2.23. The minimum atomic E-state index is -0.252. The molecule has 0 saturated carbocycles. The van der Waals surface area contributed by atoms with Crippen LogP contribution < -0.4 is 0 Å². The lowest BCUT2D eigenvalue weighted by atomic mass is 9.93. The summed E-state index contributed by atoms with van der Waals surface area (Å²) in [4.78, 5) is 0. The number of halogens is 2. The Hall–Kier alpha value is -3.00. The van der Waals surface area contributed by atoms with Crippen molar-refractivity contribution in [2.75, 3.05) is 0 Å². The predicted octanol–water partition coefficient (Wildman–Crippen LogP) is 7.99. The van der Waals surface area contributed by atoms with Crippen LogP contribution in [0.5, 0.6) is 0 Å². The summed E-state index contributed by atoms with van der Waals surface area (Å²) in [6.07, 6.45) is 9.89. The second-order valence-corrected chi connectivity index (χ2v) is 7.66. The number of hydrogen-bond acceptors (Lipinski definition) is 0. The molecule has 0 N–H and O–H groups in total. The third kappa shape index (κ3) is 6.00. The minimum Gasteiger partial charge on any atom is -0.207 e. The smallest absolute Gasteiger partial charge is 0.130 e. The van der Waals surface area contributed by atoms with Gasteiger partial charge in [0.15, 0.2) is 0 Å². The molecule has 0 fully saturated rings. The summed E-state index contributed by atoms with van der Waals surface area (Å²) in [6, 6.07) is 20.7. The van der Waals surface area contributed by atoms with Crippen molar-refractivity contribution in [3.63, 3.8) is 0 Å². The number of rotatable bonds is 8. The molecular formula is C28H28F2. The molecule has 0 aliphatic carbocycles. The van der Waals surface area contributed by atoms with Gasteiger partial charge in [0.25, 0.3) is 0 Å². The zero-order chi connectivity index (χ0) is 21.3. The van der Waals surface area contributed by atoms with E-state index in [-0.39, 0.29) is 17.6 Å². The third-order valence-electron chi connectivity index (χ3n) is 5.33. The van der Waals surface area contributed by atoms with Gasteiger partial charge in [0.05, 0.1) is 0 Å². The van der Waals surface area contributed by atoms with Gasteiger partial charge in [-0.2, -0.15) is 0 Å². The van der Waals surface area contributed by atoms with Gasteiger partial charge in [0.1, 0.15) is 11.6 Å². The molecule has 0 aromatic heterocycles. The van der Waals surface area contributed by atoms with Crippen molar-refractivity contribution in [3.8, 4) is 0 Å². The Labute approximate surface area is 178 Å². The Balaban J connectivity index is 1.67. The summed E-state index contributed by atoms with van der Waals surface area (Å²) in [7, 11) is 0. The van der Waals surface area contributed by atoms with E-state index in [2.05, 4.69) is 25.1 Å². The summed E-state index contributed by atoms with van der Waals surface area (Å²) in [6.45, 7) is 4.08. The normalized spacial score (nSPS) is 12.7. The first kappa shape index (κ1) is 21.7. The monoisotopic (exact) mass is 402 g/mol. The summed E-state index contributed by atoms with van der Waals surface area (Å²) in [5, 5.41) is 0. The standard InChI is InChI=1S/C28H28F2/c1-3-4-6-9-22-12-15-25(27(29)19-22)16-13-23-14-17-26(28(30)20-23)18-21(2)24-10-7-5-8-11-24/h3-5,7-8,10-17,19-21H,6,9,18H2,1-2H3/t21-/m0/s1. The van der Waals surface area contributed by atoms with E-state index in [0.717, 1.165) is 24.0 Å². The van der Waals surface area contributed by atoms with Gasteiger partial charge >= 0.3 is 0 Å². The van der Waals surface area contributed by atoms with E-state index in [0.29, 0.717) is 17.5 Å². The topological polar surface area (TPSA) is 0 Å². The fourth-order valence-electron chi connectivity index (χ4n) is 3.53. The van der Waals surface area contributed by atoms with Crippen LogP contribution in [0, 0.1) is 11.6 Å². The van der Waals surface area contributed by atoms with Crippen LogP contribution >= 0.6 is 0 Å². The Morgan fingerprint density at radius 2 is 1.67 bits per heavy atom. The molecule has 1 atom stereocenters. The molecule has 0 heterocycles. The molecular weight excluding hydrogens is 374 g/mol. The van der Waals surface area contributed by atoms with E-state index < -0.39 is 0 Å². The number of allylic oxidation sites excluding steroid dienone is 2. The SMILES string of the molecule is CC=CCCc1ccc(C=Cc2ccc(C[C@H](C)c3ccccc3)c(F)c2)c(F)c1. The van der Waals surface area contributed by atoms with Gasteiger partial charge in [-0.25, -0.2) is 8.78 Å². The molecule has 0 spiro atoms. The molecule has 3 rings (SSSR count). The lowest BCUT2D eigenvalue weighted by Gasteiger charge is -2.13. The van der Waals surface area contributed by atoms with Crippen LogP contribution in [0.3, 0.4) is 0 Å². The molecule has 0 nitrogen and oxygen atoms in total. The molecule has 0 saturated heterocycles. The van der Waals surface area contributed by atoms with Crippen LogP contribution in [0.25, 0.3) is 12.2 Å². The lowest BCUT2D eigenvalue weighted by Crippen LogP contribution is -2.00. The van der Waals surface area contributed by atoms with Crippen molar-refractivity contribution in [2.45, 2.75) is 39.0 Å². The fourth-order valence-corrected chi connectivity index (χ4v) is 3.53. The van der Waals surface area contributed by atoms with E-state index in [1.54, 1.807) is 24.3 Å². The molecule has 0 aliphatic heterocycles. The van der Waals surface area contributed by atoms with Crippen molar-refractivity contribution in [2.24, 2.45) is 0 Å². The first-order valence-electron chi connectivity index (χ1n) is 10.5. The molecule has 2 heteroatoms. The molecule has 3 aromatic rings. The first-order valence-corrected chi connectivity index (χ1v) is 10.5. The average molecular weight is 403 g/mol. The Morgan fingerprint density at radius 1 is 0.867 bits per heavy atom. The third-order valence-corrected chi connectivity index (χ3v) is 5.33. The van der Waals surface area contributed by atoms with Gasteiger partial charge in [-0.05, 0) is 66.5 Å². The van der Waals surface area contributed by atoms with Crippen LogP contribution in [0.1, 0.15) is 54.0 Å². The second kappa shape index (κ2) is 10.7. The lowest BCUT2D eigenvalue weighted by molar-refractivity contribution is 0.597. The minimum absolute atomic E-state index is 0.222. The molecule has 0 bridgehead atoms. The molecule has 0 amide bonds. The largest absolute Gasteiger partial charge is 0.207 e. The predicted molar refractivity (Wildman–Crippen MR) is 123 cm³/mol. The molecule has 0 radical (unpaired) electrons. The second-order valence-electron chi connectivity index (χ2n) is 7.66. The first-order chi connectivity index (χ1) is 14.6. The summed E-state index contributed by atoms with van der Waals surface area (Å²) in [5.41, 5.74) is 4.10. The molecule has 30 heavy (non-hydrogen) atoms. The molecule has 0 aliphatic rings. The van der Waals surface area contributed by atoms with Crippen molar-refractivity contribution >= 4 is 12.2 Å². The highest BCUT2D eigenvalue weighted by atomic mass is 19.1. The van der Waals surface area contributed by atoms with Gasteiger partial charge in [-0.15, -0.1) is 0 Å². The van der Waals surface area contributed by atoms with Crippen LogP contribution in [0.2, 0.25) is 0 Å². The van der Waals surface area contributed by atoms with Crippen molar-refractivity contribution in [1.29, 1.82) is 0 Å². The molecule has 3 aromatic carbocycles. The van der Waals surface area contributed by atoms with Crippen LogP contribution in [0.15, 0.2) is 78.9 Å². The van der Waals surface area contributed by atoms with E-state index >= 15 is 0 Å². The van der Waals surface area contributed by atoms with Crippen LogP contribution in [0.4, 0.5) is 8.78 Å². The summed E-state index contributed by atoms with van der Waals surface area (Å²) >= 11 is 0. The van der Waals surface area contributed by atoms with Crippen molar-refractivity contribution in [3.05, 3.63) is 118 Å². The van der Waals surface area contributed by atoms with Crippen molar-refractivity contribution in [1.82, 2.24) is 0 Å². The zero-order valence-electron chi connectivity index (χ0n) is 17.6. The quantitative estimate of drug-likeness (QED) is 0.264. The highest BCUT2D eigenvalue weighted by molar-refractivity contribution is 5.70. The van der Waals surface area contributed by atoms with E-state index in [4.69, 9.17) is 0 Å². The van der Waals surface area contributed by atoms with Crippen molar-refractivity contribution < 1.29 is 8.78 Å². The maximum Gasteiger partial charge on any atom is 0.130 e. The summed E-state index contributed by atoms with van der Waals surface area (Å²) in [5.74, 6) is -0.236. The fraction of sp³-hybridized carbons (Fsp3) is 0.214. The van der Waals surface area contributed by atoms with E-state index in [9.17, 15) is 8.78 Å². The number of benzene rings is 3. The Bertz CT molecular complexity index is 1020. The van der Waals surface area contributed by atoms with E-state index in [1.807, 2.05) is 49.4 Å². The number of hydrogen-bond donors (Lipinski definition) is 0. The average Bonchev–Trinajstić information content (AvgIpc) is 2.75. The number of aryl methyl sites for hydroxylation is 1. The summed E-state index contributed by atoms with van der Waals surface area (Å²) < 4.78 is 29.0. The molecule has 0 unspecified atom stereocenters. The van der Waals surface area contributed by atoms with Gasteiger partial charge in [-0.1, -0.05) is 85.8 Å².